The van der Waals surface area contributed by atoms with E-state index in [-0.39, 0.29) is 11.9 Å². The number of ether oxygens (including phenoxy) is 1. The first-order chi connectivity index (χ1) is 7.13. The fraction of sp³-hybridized carbons (Fsp3) is 0.500. The van der Waals surface area contributed by atoms with Crippen molar-refractivity contribution in [1.29, 1.82) is 0 Å². The summed E-state index contributed by atoms with van der Waals surface area (Å²) in [5.41, 5.74) is 7.44. The summed E-state index contributed by atoms with van der Waals surface area (Å²) < 4.78 is 18.5. The summed E-state index contributed by atoms with van der Waals surface area (Å²) >= 11 is 0. The molecule has 0 unspecified atom stereocenters. The molecule has 84 valence electrons. The molecule has 0 saturated carbocycles. The van der Waals surface area contributed by atoms with Crippen molar-refractivity contribution in [2.24, 2.45) is 5.73 Å². The van der Waals surface area contributed by atoms with Gasteiger partial charge in [0.25, 0.3) is 0 Å². The van der Waals surface area contributed by atoms with Crippen molar-refractivity contribution in [2.45, 2.75) is 33.0 Å². The molecule has 15 heavy (non-hydrogen) atoms. The van der Waals surface area contributed by atoms with Gasteiger partial charge in [0.05, 0.1) is 12.7 Å². The second kappa shape index (κ2) is 5.83. The van der Waals surface area contributed by atoms with Gasteiger partial charge in [0.15, 0.2) is 0 Å². The number of rotatable bonds is 5. The van der Waals surface area contributed by atoms with Gasteiger partial charge in [-0.3, -0.25) is 0 Å². The van der Waals surface area contributed by atoms with Crippen molar-refractivity contribution in [3.05, 3.63) is 35.1 Å². The molecule has 0 amide bonds. The monoisotopic (exact) mass is 211 g/mol. The van der Waals surface area contributed by atoms with Crippen LogP contribution in [0.5, 0.6) is 0 Å². The van der Waals surface area contributed by atoms with Crippen LogP contribution in [0.15, 0.2) is 18.2 Å². The highest BCUT2D eigenvalue weighted by molar-refractivity contribution is 5.27. The van der Waals surface area contributed by atoms with Gasteiger partial charge in [-0.15, -0.1) is 0 Å². The van der Waals surface area contributed by atoms with Crippen LogP contribution in [-0.4, -0.2) is 12.6 Å². The molecule has 1 aromatic carbocycles. The lowest BCUT2D eigenvalue weighted by Crippen LogP contribution is -2.08. The predicted octanol–water partition coefficient (Wildman–Crippen LogP) is 2.25. The Balaban J connectivity index is 2.76. The minimum absolute atomic E-state index is 0.181. The van der Waals surface area contributed by atoms with Crippen LogP contribution in [0.3, 0.4) is 0 Å². The van der Waals surface area contributed by atoms with E-state index in [2.05, 4.69) is 0 Å². The first-order valence-electron chi connectivity index (χ1n) is 5.22. The number of halogens is 1. The molecule has 3 heteroatoms. The quantitative estimate of drug-likeness (QED) is 0.810. The van der Waals surface area contributed by atoms with E-state index in [0.717, 1.165) is 11.1 Å². The Kier molecular flexibility index (Phi) is 4.72. The Hall–Kier alpha value is -0.930. The van der Waals surface area contributed by atoms with Crippen molar-refractivity contribution < 1.29 is 9.13 Å². The molecule has 1 rings (SSSR count). The summed E-state index contributed by atoms with van der Waals surface area (Å²) in [5, 5.41) is 0. The van der Waals surface area contributed by atoms with Crippen LogP contribution in [0.1, 0.15) is 25.0 Å². The largest absolute Gasteiger partial charge is 0.374 e. The third-order valence-corrected chi connectivity index (χ3v) is 2.15. The molecule has 0 fully saturated rings. The lowest BCUT2D eigenvalue weighted by Gasteiger charge is -2.11. The lowest BCUT2D eigenvalue weighted by molar-refractivity contribution is 0.0652. The van der Waals surface area contributed by atoms with Gasteiger partial charge in [0, 0.05) is 0 Å². The standard InChI is InChI=1S/C12H18FNO/c1-9(2)15-8-11-3-4-12(13)7-10(11)5-6-14/h3-4,7,9H,5-6,8,14H2,1-2H3. The summed E-state index contributed by atoms with van der Waals surface area (Å²) in [5.74, 6) is -0.216. The maximum Gasteiger partial charge on any atom is 0.123 e. The molecule has 0 heterocycles. The smallest absolute Gasteiger partial charge is 0.123 e. The number of benzene rings is 1. The number of nitrogens with two attached hydrogens (primary N) is 1. The average molecular weight is 211 g/mol. The van der Waals surface area contributed by atoms with E-state index in [1.807, 2.05) is 13.8 Å². The Morgan fingerprint density at radius 2 is 2.07 bits per heavy atom. The van der Waals surface area contributed by atoms with Crippen molar-refractivity contribution in [3.63, 3.8) is 0 Å². The molecule has 0 aromatic heterocycles. The summed E-state index contributed by atoms with van der Waals surface area (Å²) in [6, 6.07) is 4.76. The third-order valence-electron chi connectivity index (χ3n) is 2.15. The number of hydrogen-bond donors (Lipinski definition) is 1. The van der Waals surface area contributed by atoms with Gasteiger partial charge < -0.3 is 10.5 Å². The van der Waals surface area contributed by atoms with Gasteiger partial charge in [-0.1, -0.05) is 6.07 Å². The minimum Gasteiger partial charge on any atom is -0.374 e. The van der Waals surface area contributed by atoms with E-state index in [1.54, 1.807) is 6.07 Å². The molecule has 0 saturated heterocycles. The molecule has 0 aliphatic rings. The molecule has 2 N–H and O–H groups in total. The van der Waals surface area contributed by atoms with Gasteiger partial charge in [0.1, 0.15) is 5.82 Å². The van der Waals surface area contributed by atoms with Gasteiger partial charge in [0.2, 0.25) is 0 Å². The van der Waals surface area contributed by atoms with Crippen LogP contribution in [0.2, 0.25) is 0 Å². The summed E-state index contributed by atoms with van der Waals surface area (Å²) in [4.78, 5) is 0. The third kappa shape index (κ3) is 3.98. The highest BCUT2D eigenvalue weighted by atomic mass is 19.1. The van der Waals surface area contributed by atoms with Crippen LogP contribution < -0.4 is 5.73 Å². The minimum atomic E-state index is -0.216. The molecule has 0 aliphatic carbocycles. The van der Waals surface area contributed by atoms with E-state index < -0.39 is 0 Å². The molecular weight excluding hydrogens is 193 g/mol. The molecule has 0 spiro atoms. The molecule has 0 aliphatic heterocycles. The van der Waals surface area contributed by atoms with Crippen LogP contribution in [0.25, 0.3) is 0 Å². The van der Waals surface area contributed by atoms with E-state index >= 15 is 0 Å². The lowest BCUT2D eigenvalue weighted by atomic mass is 10.1. The van der Waals surface area contributed by atoms with Gasteiger partial charge in [-0.05, 0) is 50.1 Å². The zero-order chi connectivity index (χ0) is 11.3. The Morgan fingerprint density at radius 3 is 2.67 bits per heavy atom. The van der Waals surface area contributed by atoms with Crippen molar-refractivity contribution in [2.75, 3.05) is 6.54 Å². The Morgan fingerprint density at radius 1 is 1.33 bits per heavy atom. The molecule has 1 aromatic rings. The second-order valence-electron chi connectivity index (χ2n) is 3.81. The van der Waals surface area contributed by atoms with E-state index in [9.17, 15) is 4.39 Å². The topological polar surface area (TPSA) is 35.2 Å². The SMILES string of the molecule is CC(C)OCc1ccc(F)cc1CCN. The average Bonchev–Trinajstić information content (AvgIpc) is 2.17. The zero-order valence-electron chi connectivity index (χ0n) is 9.29. The van der Waals surface area contributed by atoms with Crippen molar-refractivity contribution >= 4 is 0 Å². The first kappa shape index (κ1) is 12.1. The van der Waals surface area contributed by atoms with Crippen molar-refractivity contribution in [1.82, 2.24) is 0 Å². The maximum atomic E-state index is 13.0. The summed E-state index contributed by atoms with van der Waals surface area (Å²) in [6.45, 7) is 5.00. The fourth-order valence-corrected chi connectivity index (χ4v) is 1.38. The van der Waals surface area contributed by atoms with E-state index in [1.165, 1.54) is 12.1 Å². The second-order valence-corrected chi connectivity index (χ2v) is 3.81. The highest BCUT2D eigenvalue weighted by Crippen LogP contribution is 2.13. The Bertz CT molecular complexity index is 312. The van der Waals surface area contributed by atoms with Gasteiger partial charge in [-0.25, -0.2) is 4.39 Å². The molecule has 2 nitrogen and oxygen atoms in total. The van der Waals surface area contributed by atoms with E-state index in [0.29, 0.717) is 19.6 Å². The number of hydrogen-bond acceptors (Lipinski definition) is 2. The Labute approximate surface area is 90.2 Å². The molecule has 0 atom stereocenters. The molecular formula is C12H18FNO. The van der Waals surface area contributed by atoms with E-state index in [4.69, 9.17) is 10.5 Å². The predicted molar refractivity (Wildman–Crippen MR) is 59.1 cm³/mol. The summed E-state index contributed by atoms with van der Waals surface area (Å²) in [6.07, 6.45) is 0.870. The normalized spacial score (nSPS) is 11.0. The van der Waals surface area contributed by atoms with Gasteiger partial charge in [-0.2, -0.15) is 0 Å². The zero-order valence-corrected chi connectivity index (χ0v) is 9.29. The van der Waals surface area contributed by atoms with Crippen LogP contribution in [-0.2, 0) is 17.8 Å². The molecule has 0 bridgehead atoms. The van der Waals surface area contributed by atoms with Crippen LogP contribution >= 0.6 is 0 Å². The summed E-state index contributed by atoms with van der Waals surface area (Å²) in [7, 11) is 0. The highest BCUT2D eigenvalue weighted by Gasteiger charge is 2.04. The molecule has 0 radical (unpaired) electrons. The van der Waals surface area contributed by atoms with Crippen molar-refractivity contribution in [3.8, 4) is 0 Å². The van der Waals surface area contributed by atoms with Gasteiger partial charge >= 0.3 is 0 Å². The van der Waals surface area contributed by atoms with Crippen LogP contribution in [0, 0.1) is 5.82 Å². The first-order valence-corrected chi connectivity index (χ1v) is 5.22. The van der Waals surface area contributed by atoms with Crippen LogP contribution in [0.4, 0.5) is 4.39 Å². The fourth-order valence-electron chi connectivity index (χ4n) is 1.38. The maximum absolute atomic E-state index is 13.0.